The van der Waals surface area contributed by atoms with E-state index in [1.807, 2.05) is 0 Å². The normalized spacial score (nSPS) is 21.0. The fraction of sp³-hybridized carbons (Fsp3) is 1.00. The molecule has 0 unspecified atom stereocenters. The van der Waals surface area contributed by atoms with E-state index in [1.165, 1.54) is 0 Å². The first-order valence-corrected chi connectivity index (χ1v) is 4.51. The minimum atomic E-state index is -3.96. The van der Waals surface area contributed by atoms with Crippen LogP contribution in [0, 0.1) is 0 Å². The second kappa shape index (κ2) is 4.02. The first-order valence-electron chi connectivity index (χ1n) is 4.51. The van der Waals surface area contributed by atoms with Gasteiger partial charge in [0.05, 0.1) is 6.54 Å². The van der Waals surface area contributed by atoms with E-state index in [1.54, 1.807) is 0 Å². The van der Waals surface area contributed by atoms with Gasteiger partial charge in [-0.1, -0.05) is 0 Å². The minimum absolute atomic E-state index is 0.176. The lowest BCUT2D eigenvalue weighted by molar-refractivity contribution is -0.125. The van der Waals surface area contributed by atoms with Crippen molar-refractivity contribution >= 4 is 0 Å². The van der Waals surface area contributed by atoms with Crippen LogP contribution in [0.4, 0.5) is 17.6 Å². The van der Waals surface area contributed by atoms with E-state index in [2.05, 4.69) is 5.32 Å². The molecule has 1 fully saturated rings. The summed E-state index contributed by atoms with van der Waals surface area (Å²) in [6.07, 6.45) is -1.12. The van der Waals surface area contributed by atoms with E-state index in [0.717, 1.165) is 19.3 Å². The van der Waals surface area contributed by atoms with Crippen LogP contribution in [-0.2, 0) is 0 Å². The maximum Gasteiger partial charge on any atom is 0.319 e. The van der Waals surface area contributed by atoms with Gasteiger partial charge >= 0.3 is 12.3 Å². The van der Waals surface area contributed by atoms with Gasteiger partial charge in [0.25, 0.3) is 0 Å². The van der Waals surface area contributed by atoms with Gasteiger partial charge in [-0.3, -0.25) is 0 Å². The Kier molecular flexibility index (Phi) is 3.36. The Labute approximate surface area is 79.8 Å². The second-order valence-electron chi connectivity index (χ2n) is 3.88. The van der Waals surface area contributed by atoms with Crippen LogP contribution >= 0.6 is 0 Å². The number of nitrogens with two attached hydrogens (primary N) is 1. The standard InChI is InChI=1S/C8H14F4N2/c9-6(10)8(11,12)5-14-4-7(13)2-1-3-7/h6,14H,1-5,13H2. The van der Waals surface area contributed by atoms with Gasteiger partial charge in [0.15, 0.2) is 0 Å². The molecule has 0 aromatic rings. The molecule has 0 heterocycles. The van der Waals surface area contributed by atoms with Crippen molar-refractivity contribution in [1.29, 1.82) is 0 Å². The van der Waals surface area contributed by atoms with Crippen molar-refractivity contribution in [3.05, 3.63) is 0 Å². The predicted octanol–water partition coefficient (Wildman–Crippen LogP) is 1.36. The highest BCUT2D eigenvalue weighted by molar-refractivity contribution is 4.94. The van der Waals surface area contributed by atoms with Crippen LogP contribution in [0.3, 0.4) is 0 Å². The van der Waals surface area contributed by atoms with Crippen molar-refractivity contribution < 1.29 is 17.6 Å². The van der Waals surface area contributed by atoms with Crippen LogP contribution in [0.1, 0.15) is 19.3 Å². The molecule has 0 atom stereocenters. The highest BCUT2D eigenvalue weighted by Gasteiger charge is 2.41. The van der Waals surface area contributed by atoms with E-state index in [0.29, 0.717) is 0 Å². The number of alkyl halides is 4. The zero-order valence-electron chi connectivity index (χ0n) is 7.70. The van der Waals surface area contributed by atoms with Crippen molar-refractivity contribution in [1.82, 2.24) is 5.32 Å². The molecule has 14 heavy (non-hydrogen) atoms. The molecular weight excluding hydrogens is 200 g/mol. The Morgan fingerprint density at radius 2 is 1.93 bits per heavy atom. The molecule has 0 amide bonds. The van der Waals surface area contributed by atoms with Crippen molar-refractivity contribution in [2.24, 2.45) is 5.73 Å². The topological polar surface area (TPSA) is 38.0 Å². The molecule has 1 aliphatic carbocycles. The number of nitrogens with one attached hydrogen (secondary N) is 1. The molecule has 6 heteroatoms. The van der Waals surface area contributed by atoms with Crippen LogP contribution in [0.15, 0.2) is 0 Å². The van der Waals surface area contributed by atoms with Gasteiger partial charge in [-0.2, -0.15) is 8.78 Å². The van der Waals surface area contributed by atoms with Crippen molar-refractivity contribution in [2.45, 2.75) is 37.1 Å². The molecule has 1 rings (SSSR count). The fourth-order valence-corrected chi connectivity index (χ4v) is 1.36. The molecular formula is C8H14F4N2. The molecule has 3 N–H and O–H groups in total. The van der Waals surface area contributed by atoms with Gasteiger partial charge in [0.1, 0.15) is 0 Å². The van der Waals surface area contributed by atoms with Crippen LogP contribution in [0.5, 0.6) is 0 Å². The van der Waals surface area contributed by atoms with E-state index in [-0.39, 0.29) is 6.54 Å². The second-order valence-corrected chi connectivity index (χ2v) is 3.88. The number of hydrogen-bond donors (Lipinski definition) is 2. The van der Waals surface area contributed by atoms with Crippen molar-refractivity contribution in [3.8, 4) is 0 Å². The summed E-state index contributed by atoms with van der Waals surface area (Å²) in [5.74, 6) is -3.96. The molecule has 0 radical (unpaired) electrons. The number of rotatable bonds is 5. The Balaban J connectivity index is 2.20. The molecule has 0 aliphatic heterocycles. The van der Waals surface area contributed by atoms with E-state index >= 15 is 0 Å². The van der Waals surface area contributed by atoms with Crippen molar-refractivity contribution in [2.75, 3.05) is 13.1 Å². The average Bonchev–Trinajstić information content (AvgIpc) is 2.00. The van der Waals surface area contributed by atoms with Gasteiger partial charge in [0.2, 0.25) is 0 Å². The lowest BCUT2D eigenvalue weighted by atomic mass is 9.78. The van der Waals surface area contributed by atoms with Crippen LogP contribution in [0.25, 0.3) is 0 Å². The van der Waals surface area contributed by atoms with Gasteiger partial charge in [-0.25, -0.2) is 8.78 Å². The molecule has 2 nitrogen and oxygen atoms in total. The monoisotopic (exact) mass is 214 g/mol. The lowest BCUT2D eigenvalue weighted by Gasteiger charge is -2.38. The van der Waals surface area contributed by atoms with E-state index in [9.17, 15) is 17.6 Å². The SMILES string of the molecule is NC1(CNCC(F)(F)C(F)F)CCC1. The molecule has 84 valence electrons. The lowest BCUT2D eigenvalue weighted by Crippen LogP contribution is -2.55. The summed E-state index contributed by atoms with van der Waals surface area (Å²) in [7, 11) is 0. The Morgan fingerprint density at radius 1 is 1.36 bits per heavy atom. The third-order valence-corrected chi connectivity index (χ3v) is 2.51. The fourth-order valence-electron chi connectivity index (χ4n) is 1.36. The Morgan fingerprint density at radius 3 is 2.29 bits per heavy atom. The summed E-state index contributed by atoms with van der Waals surface area (Å²) < 4.78 is 48.2. The molecule has 0 saturated heterocycles. The average molecular weight is 214 g/mol. The molecule has 1 saturated carbocycles. The quantitative estimate of drug-likeness (QED) is 0.678. The largest absolute Gasteiger partial charge is 0.324 e. The maximum absolute atomic E-state index is 12.4. The summed E-state index contributed by atoms with van der Waals surface area (Å²) in [5, 5.41) is 2.29. The van der Waals surface area contributed by atoms with Crippen molar-refractivity contribution in [3.63, 3.8) is 0 Å². The summed E-state index contributed by atoms with van der Waals surface area (Å²) in [6.45, 7) is -0.834. The summed E-state index contributed by atoms with van der Waals surface area (Å²) in [6, 6.07) is 0. The number of hydrogen-bond acceptors (Lipinski definition) is 2. The van der Waals surface area contributed by atoms with Crippen LogP contribution in [0.2, 0.25) is 0 Å². The Hall–Kier alpha value is -0.360. The third-order valence-electron chi connectivity index (χ3n) is 2.51. The summed E-state index contributed by atoms with van der Waals surface area (Å²) >= 11 is 0. The third kappa shape index (κ3) is 2.81. The maximum atomic E-state index is 12.4. The zero-order valence-corrected chi connectivity index (χ0v) is 7.70. The molecule has 1 aliphatic rings. The van der Waals surface area contributed by atoms with E-state index in [4.69, 9.17) is 5.73 Å². The number of halogens is 4. The first-order chi connectivity index (χ1) is 6.36. The minimum Gasteiger partial charge on any atom is -0.324 e. The molecule has 0 bridgehead atoms. The first kappa shape index (κ1) is 11.7. The highest BCUT2D eigenvalue weighted by atomic mass is 19.3. The van der Waals surface area contributed by atoms with Crippen LogP contribution < -0.4 is 11.1 Å². The van der Waals surface area contributed by atoms with Gasteiger partial charge in [-0.15, -0.1) is 0 Å². The molecule has 0 spiro atoms. The molecule has 0 aromatic heterocycles. The van der Waals surface area contributed by atoms with Gasteiger partial charge < -0.3 is 11.1 Å². The van der Waals surface area contributed by atoms with Crippen LogP contribution in [-0.4, -0.2) is 31.0 Å². The van der Waals surface area contributed by atoms with Gasteiger partial charge in [-0.05, 0) is 19.3 Å². The smallest absolute Gasteiger partial charge is 0.319 e. The predicted molar refractivity (Wildman–Crippen MR) is 44.6 cm³/mol. The summed E-state index contributed by atoms with van der Waals surface area (Å²) in [4.78, 5) is 0. The van der Waals surface area contributed by atoms with E-state index < -0.39 is 24.4 Å². The summed E-state index contributed by atoms with van der Waals surface area (Å²) in [5.41, 5.74) is 5.25. The zero-order chi connectivity index (χ0) is 10.8. The Bertz CT molecular complexity index is 192. The highest BCUT2D eigenvalue weighted by Crippen LogP contribution is 2.28. The molecule has 0 aromatic carbocycles. The van der Waals surface area contributed by atoms with Gasteiger partial charge in [0, 0.05) is 12.1 Å².